The highest BCUT2D eigenvalue weighted by atomic mass is 35.5. The van der Waals surface area contributed by atoms with Crippen LogP contribution >= 0.6 is 23.8 Å². The van der Waals surface area contributed by atoms with E-state index in [1.807, 2.05) is 104 Å². The normalized spacial score (nSPS) is 10.9. The van der Waals surface area contributed by atoms with E-state index in [9.17, 15) is 4.79 Å². The fourth-order valence-corrected chi connectivity index (χ4v) is 5.06. The predicted octanol–water partition coefficient (Wildman–Crippen LogP) is 9.13. The predicted molar refractivity (Wildman–Crippen MR) is 175 cm³/mol. The molecule has 0 spiro atoms. The molecule has 0 saturated heterocycles. The van der Waals surface area contributed by atoms with Crippen LogP contribution in [0, 0.1) is 6.92 Å². The SMILES string of the molecule is Cc1ccc(C(=O)c2ccc(NC(=S)Nc3ccc(Nc4c5ccccc5nc5ccc(Cl)cc45)cc3)cc2)cc1. The number of carbonyl (C=O) groups excluding carboxylic acids is 1. The number of aromatic nitrogens is 1. The van der Waals surface area contributed by atoms with Gasteiger partial charge in [-0.25, -0.2) is 4.98 Å². The highest BCUT2D eigenvalue weighted by Crippen LogP contribution is 2.34. The third-order valence-electron chi connectivity index (χ3n) is 6.77. The molecule has 6 aromatic rings. The molecule has 0 saturated carbocycles. The van der Waals surface area contributed by atoms with Crippen molar-refractivity contribution in [3.63, 3.8) is 0 Å². The molecule has 3 N–H and O–H groups in total. The molecule has 0 atom stereocenters. The maximum atomic E-state index is 12.7. The molecule has 7 heteroatoms. The number of aryl methyl sites for hydroxylation is 1. The van der Waals surface area contributed by atoms with Crippen molar-refractivity contribution < 1.29 is 4.79 Å². The third-order valence-corrected chi connectivity index (χ3v) is 7.21. The van der Waals surface area contributed by atoms with Crippen molar-refractivity contribution >= 4 is 79.3 Å². The van der Waals surface area contributed by atoms with Crippen LogP contribution in [0.5, 0.6) is 0 Å². The van der Waals surface area contributed by atoms with Crippen LogP contribution in [0.15, 0.2) is 115 Å². The Morgan fingerprint density at radius 3 is 1.93 bits per heavy atom. The van der Waals surface area contributed by atoms with Gasteiger partial charge in [-0.3, -0.25) is 4.79 Å². The second-order valence-corrected chi connectivity index (χ2v) is 10.6. The van der Waals surface area contributed by atoms with Gasteiger partial charge in [-0.05, 0) is 91.9 Å². The smallest absolute Gasteiger partial charge is 0.193 e. The van der Waals surface area contributed by atoms with Crippen LogP contribution in [0.1, 0.15) is 21.5 Å². The van der Waals surface area contributed by atoms with Gasteiger partial charge in [0.05, 0.1) is 16.7 Å². The number of pyridine rings is 1. The fourth-order valence-electron chi connectivity index (χ4n) is 4.65. The van der Waals surface area contributed by atoms with Crippen molar-refractivity contribution in [2.45, 2.75) is 6.92 Å². The first kappa shape index (κ1) is 26.4. The average molecular weight is 573 g/mol. The van der Waals surface area contributed by atoms with Crippen molar-refractivity contribution in [2.75, 3.05) is 16.0 Å². The second kappa shape index (κ2) is 11.4. The average Bonchev–Trinajstić information content (AvgIpc) is 2.98. The first-order valence-electron chi connectivity index (χ1n) is 13.1. The van der Waals surface area contributed by atoms with Crippen molar-refractivity contribution in [3.8, 4) is 0 Å². The minimum atomic E-state index is -0.0122. The summed E-state index contributed by atoms with van der Waals surface area (Å²) in [6.45, 7) is 2.00. The lowest BCUT2D eigenvalue weighted by Crippen LogP contribution is -2.19. The maximum Gasteiger partial charge on any atom is 0.193 e. The van der Waals surface area contributed by atoms with E-state index in [-0.39, 0.29) is 5.78 Å². The Balaban J connectivity index is 1.13. The molecule has 0 radical (unpaired) electrons. The lowest BCUT2D eigenvalue weighted by molar-refractivity contribution is 0.103. The molecule has 0 fully saturated rings. The molecule has 5 aromatic carbocycles. The van der Waals surface area contributed by atoms with E-state index in [1.54, 1.807) is 12.1 Å². The van der Waals surface area contributed by atoms with Gasteiger partial charge in [0.15, 0.2) is 10.9 Å². The minimum absolute atomic E-state index is 0.0122. The number of anilines is 4. The van der Waals surface area contributed by atoms with E-state index in [0.29, 0.717) is 21.3 Å². The van der Waals surface area contributed by atoms with Crippen molar-refractivity contribution in [1.29, 1.82) is 0 Å². The third kappa shape index (κ3) is 5.89. The largest absolute Gasteiger partial charge is 0.354 e. The topological polar surface area (TPSA) is 66.1 Å². The molecule has 0 bridgehead atoms. The summed E-state index contributed by atoms with van der Waals surface area (Å²) >= 11 is 11.8. The number of hydrogen-bond donors (Lipinski definition) is 3. The summed E-state index contributed by atoms with van der Waals surface area (Å²) in [7, 11) is 0. The van der Waals surface area contributed by atoms with Crippen LogP contribution in [0.2, 0.25) is 5.02 Å². The minimum Gasteiger partial charge on any atom is -0.354 e. The summed E-state index contributed by atoms with van der Waals surface area (Å²) in [6, 6.07) is 36.5. The summed E-state index contributed by atoms with van der Waals surface area (Å²) in [4.78, 5) is 17.5. The van der Waals surface area contributed by atoms with Gasteiger partial charge in [-0.2, -0.15) is 0 Å². The summed E-state index contributed by atoms with van der Waals surface area (Å²) < 4.78 is 0. The highest BCUT2D eigenvalue weighted by molar-refractivity contribution is 7.80. The van der Waals surface area contributed by atoms with E-state index in [2.05, 4.69) is 22.0 Å². The van der Waals surface area contributed by atoms with E-state index < -0.39 is 0 Å². The lowest BCUT2D eigenvalue weighted by atomic mass is 10.0. The number of thiocarbonyl (C=S) groups is 1. The molecule has 0 aliphatic rings. The first-order chi connectivity index (χ1) is 19.9. The quantitative estimate of drug-likeness (QED) is 0.105. The number of para-hydroxylation sites is 1. The van der Waals surface area contributed by atoms with Crippen LogP contribution < -0.4 is 16.0 Å². The Morgan fingerprint density at radius 2 is 1.24 bits per heavy atom. The summed E-state index contributed by atoms with van der Waals surface area (Å²) in [6.07, 6.45) is 0. The molecule has 0 unspecified atom stereocenters. The zero-order valence-electron chi connectivity index (χ0n) is 22.1. The van der Waals surface area contributed by atoms with E-state index >= 15 is 0 Å². The molecule has 200 valence electrons. The van der Waals surface area contributed by atoms with Gasteiger partial charge >= 0.3 is 0 Å². The molecule has 1 heterocycles. The molecule has 0 aliphatic carbocycles. The van der Waals surface area contributed by atoms with Crippen molar-refractivity contribution in [1.82, 2.24) is 4.98 Å². The zero-order chi connectivity index (χ0) is 28.3. The summed E-state index contributed by atoms with van der Waals surface area (Å²) in [5, 5.41) is 13.0. The Morgan fingerprint density at radius 1 is 0.683 bits per heavy atom. The molecule has 6 rings (SSSR count). The first-order valence-corrected chi connectivity index (χ1v) is 13.9. The molecule has 1 aromatic heterocycles. The van der Waals surface area contributed by atoms with Crippen molar-refractivity contribution in [3.05, 3.63) is 137 Å². The second-order valence-electron chi connectivity index (χ2n) is 9.72. The Labute approximate surface area is 248 Å². The van der Waals surface area contributed by atoms with Crippen molar-refractivity contribution in [2.24, 2.45) is 0 Å². The Bertz CT molecular complexity index is 1900. The van der Waals surface area contributed by atoms with Crippen LogP contribution in [0.4, 0.5) is 22.7 Å². The molecular weight excluding hydrogens is 548 g/mol. The van der Waals surface area contributed by atoms with Gasteiger partial charge in [0.25, 0.3) is 0 Å². The molecule has 0 aliphatic heterocycles. The molecule has 0 amide bonds. The lowest BCUT2D eigenvalue weighted by Gasteiger charge is -2.15. The van der Waals surface area contributed by atoms with Gasteiger partial charge in [0.2, 0.25) is 0 Å². The maximum absolute atomic E-state index is 12.7. The zero-order valence-corrected chi connectivity index (χ0v) is 23.7. The number of fused-ring (bicyclic) bond motifs is 2. The number of hydrogen-bond acceptors (Lipinski definition) is 4. The number of nitrogens with zero attached hydrogens (tertiary/aromatic N) is 1. The number of carbonyl (C=O) groups is 1. The van der Waals surface area contributed by atoms with E-state index in [0.717, 1.165) is 50.1 Å². The summed E-state index contributed by atoms with van der Waals surface area (Å²) in [5.41, 5.74) is 7.69. The van der Waals surface area contributed by atoms with Crippen LogP contribution in [0.3, 0.4) is 0 Å². The van der Waals surface area contributed by atoms with E-state index in [1.165, 1.54) is 0 Å². The molecule has 5 nitrogen and oxygen atoms in total. The Hall–Kier alpha value is -4.78. The van der Waals surface area contributed by atoms with Crippen LogP contribution in [-0.4, -0.2) is 15.9 Å². The number of halogens is 1. The number of ketones is 1. The van der Waals surface area contributed by atoms with Gasteiger partial charge in [-0.1, -0.05) is 59.6 Å². The number of benzene rings is 5. The van der Waals surface area contributed by atoms with Gasteiger partial charge in [-0.15, -0.1) is 0 Å². The molecule has 41 heavy (non-hydrogen) atoms. The standard InChI is InChI=1S/C34H25ClN4OS/c1-21-6-8-22(9-7-21)33(40)23-10-13-26(14-11-23)37-34(41)38-27-17-15-25(16-18-27)36-32-28-4-2-3-5-30(28)39-31-19-12-24(35)20-29(31)32/h2-20H,1H3,(H,36,39)(H2,37,38,41). The number of nitrogens with one attached hydrogen (secondary N) is 3. The molecular formula is C34H25ClN4OS. The number of rotatable bonds is 6. The van der Waals surface area contributed by atoms with Crippen LogP contribution in [0.25, 0.3) is 21.8 Å². The van der Waals surface area contributed by atoms with E-state index in [4.69, 9.17) is 28.8 Å². The van der Waals surface area contributed by atoms with Gasteiger partial charge < -0.3 is 16.0 Å². The Kier molecular flexibility index (Phi) is 7.33. The monoisotopic (exact) mass is 572 g/mol. The van der Waals surface area contributed by atoms with Gasteiger partial charge in [0, 0.05) is 44.0 Å². The van der Waals surface area contributed by atoms with Gasteiger partial charge in [0.1, 0.15) is 0 Å². The van der Waals surface area contributed by atoms with Crippen LogP contribution in [-0.2, 0) is 0 Å². The fraction of sp³-hybridized carbons (Fsp3) is 0.0294. The summed E-state index contributed by atoms with van der Waals surface area (Å²) in [5.74, 6) is -0.0122. The highest BCUT2D eigenvalue weighted by Gasteiger charge is 2.11.